The Morgan fingerprint density at radius 1 is 1.40 bits per heavy atom. The van der Waals surface area contributed by atoms with Gasteiger partial charge in [0.15, 0.2) is 0 Å². The molecule has 0 aromatic carbocycles. The highest BCUT2D eigenvalue weighted by atomic mass is 16.5. The molecule has 0 aliphatic carbocycles. The maximum atomic E-state index is 11.9. The molecule has 0 aliphatic heterocycles. The first kappa shape index (κ1) is 14.1. The van der Waals surface area contributed by atoms with Crippen LogP contribution in [0.4, 0.5) is 5.95 Å². The topological polar surface area (TPSA) is 81.9 Å². The highest BCUT2D eigenvalue weighted by Gasteiger charge is 2.05. The number of hydrogen-bond acceptors (Lipinski definition) is 6. The smallest absolute Gasteiger partial charge is 0.352 e. The van der Waals surface area contributed by atoms with E-state index in [0.29, 0.717) is 25.6 Å². The summed E-state index contributed by atoms with van der Waals surface area (Å²) in [5.74, 6) is 0.307. The summed E-state index contributed by atoms with van der Waals surface area (Å²) in [6.45, 7) is 3.40. The van der Waals surface area contributed by atoms with Crippen molar-refractivity contribution in [3.05, 3.63) is 46.4 Å². The van der Waals surface area contributed by atoms with Gasteiger partial charge in [-0.3, -0.25) is 9.55 Å². The zero-order chi connectivity index (χ0) is 14.4. The minimum atomic E-state index is -0.357. The molecule has 0 atom stereocenters. The summed E-state index contributed by atoms with van der Waals surface area (Å²) in [6.07, 6.45) is 3.17. The van der Waals surface area contributed by atoms with Gasteiger partial charge in [-0.05, 0) is 18.6 Å². The Balaban J connectivity index is 2.10. The Morgan fingerprint density at radius 3 is 2.95 bits per heavy atom. The van der Waals surface area contributed by atoms with Crippen LogP contribution in [0.5, 0.6) is 0 Å². The van der Waals surface area contributed by atoms with Crippen LogP contribution < -0.4 is 11.0 Å². The van der Waals surface area contributed by atoms with Crippen molar-refractivity contribution in [1.29, 1.82) is 0 Å². The zero-order valence-electron chi connectivity index (χ0n) is 11.5. The highest BCUT2D eigenvalue weighted by molar-refractivity contribution is 5.21. The van der Waals surface area contributed by atoms with E-state index in [-0.39, 0.29) is 5.69 Å². The molecule has 0 bridgehead atoms. The maximum Gasteiger partial charge on any atom is 0.352 e. The molecule has 20 heavy (non-hydrogen) atoms. The van der Waals surface area contributed by atoms with Crippen LogP contribution in [0.15, 0.2) is 29.5 Å². The Bertz CT molecular complexity index is 626. The van der Waals surface area contributed by atoms with Crippen LogP contribution >= 0.6 is 0 Å². The second-order valence-electron chi connectivity index (χ2n) is 4.28. The number of nitrogens with zero attached hydrogens (tertiary/aromatic N) is 4. The van der Waals surface area contributed by atoms with Crippen LogP contribution in [0.25, 0.3) is 0 Å². The number of hydrogen-bond donors (Lipinski definition) is 1. The van der Waals surface area contributed by atoms with Crippen LogP contribution in [0.1, 0.15) is 11.3 Å². The molecule has 0 saturated heterocycles. The number of aromatic nitrogens is 4. The molecular formula is C13H17N5O2. The van der Waals surface area contributed by atoms with Crippen LogP contribution in [0.3, 0.4) is 0 Å². The Morgan fingerprint density at radius 2 is 2.25 bits per heavy atom. The molecular weight excluding hydrogens is 258 g/mol. The second-order valence-corrected chi connectivity index (χ2v) is 4.28. The first-order valence-electron chi connectivity index (χ1n) is 6.27. The molecule has 2 rings (SSSR count). The Hall–Kier alpha value is -2.28. The van der Waals surface area contributed by atoms with E-state index in [2.05, 4.69) is 20.3 Å². The summed E-state index contributed by atoms with van der Waals surface area (Å²) in [5, 5.41) is 2.91. The lowest BCUT2D eigenvalue weighted by molar-refractivity contribution is 0.210. The molecule has 0 amide bonds. The van der Waals surface area contributed by atoms with E-state index >= 15 is 0 Å². The van der Waals surface area contributed by atoms with Gasteiger partial charge in [-0.1, -0.05) is 6.07 Å². The largest absolute Gasteiger partial charge is 0.383 e. The Labute approximate surface area is 116 Å². The number of methoxy groups -OCH3 is 1. The van der Waals surface area contributed by atoms with E-state index in [1.54, 1.807) is 13.3 Å². The predicted octanol–water partition coefficient (Wildman–Crippen LogP) is 0.448. The molecule has 2 aromatic rings. The zero-order valence-corrected chi connectivity index (χ0v) is 11.5. The van der Waals surface area contributed by atoms with E-state index in [1.807, 2.05) is 19.1 Å². The molecule has 0 radical (unpaired) electrons. The number of aryl methyl sites for hydroxylation is 1. The minimum absolute atomic E-state index is 0.307. The molecule has 2 heterocycles. The molecule has 7 nitrogen and oxygen atoms in total. The van der Waals surface area contributed by atoms with Gasteiger partial charge < -0.3 is 10.1 Å². The van der Waals surface area contributed by atoms with Gasteiger partial charge in [0, 0.05) is 19.9 Å². The van der Waals surface area contributed by atoms with Crippen molar-refractivity contribution >= 4 is 5.95 Å². The third kappa shape index (κ3) is 3.61. The van der Waals surface area contributed by atoms with Crippen LogP contribution in [0, 0.1) is 6.92 Å². The summed E-state index contributed by atoms with van der Waals surface area (Å²) in [4.78, 5) is 24.1. The van der Waals surface area contributed by atoms with E-state index < -0.39 is 0 Å². The van der Waals surface area contributed by atoms with Gasteiger partial charge in [0.25, 0.3) is 0 Å². The SMILES string of the molecule is COCCNc1ncn(Cc2ncccc2C)c(=O)n1. The standard InChI is InChI=1S/C13H17N5O2/c1-10-4-3-5-14-11(10)8-18-9-16-12(17-13(18)19)15-6-7-20-2/h3-5,9H,6-8H2,1-2H3,(H,15,17,19). The maximum absolute atomic E-state index is 11.9. The molecule has 0 unspecified atom stereocenters. The number of rotatable bonds is 6. The number of anilines is 1. The lowest BCUT2D eigenvalue weighted by Crippen LogP contribution is -2.26. The monoisotopic (exact) mass is 275 g/mol. The fourth-order valence-electron chi connectivity index (χ4n) is 1.66. The third-order valence-electron chi connectivity index (χ3n) is 2.79. The fraction of sp³-hybridized carbons (Fsp3) is 0.385. The summed E-state index contributed by atoms with van der Waals surface area (Å²) < 4.78 is 6.33. The summed E-state index contributed by atoms with van der Waals surface area (Å²) >= 11 is 0. The van der Waals surface area contributed by atoms with Gasteiger partial charge in [-0.2, -0.15) is 4.98 Å². The number of ether oxygens (including phenoxy) is 1. The lowest BCUT2D eigenvalue weighted by atomic mass is 10.2. The molecule has 0 aliphatic rings. The van der Waals surface area contributed by atoms with Gasteiger partial charge in [-0.15, -0.1) is 0 Å². The molecule has 1 N–H and O–H groups in total. The van der Waals surface area contributed by atoms with Gasteiger partial charge in [0.05, 0.1) is 18.8 Å². The first-order chi connectivity index (χ1) is 9.70. The van der Waals surface area contributed by atoms with Crippen LogP contribution in [-0.2, 0) is 11.3 Å². The summed E-state index contributed by atoms with van der Waals surface area (Å²) in [6, 6.07) is 3.82. The molecule has 7 heteroatoms. The van der Waals surface area contributed by atoms with Gasteiger partial charge >= 0.3 is 5.69 Å². The lowest BCUT2D eigenvalue weighted by Gasteiger charge is -2.08. The average Bonchev–Trinajstić information content (AvgIpc) is 2.44. The van der Waals surface area contributed by atoms with Crippen molar-refractivity contribution in [2.45, 2.75) is 13.5 Å². The third-order valence-corrected chi connectivity index (χ3v) is 2.79. The van der Waals surface area contributed by atoms with E-state index in [9.17, 15) is 4.79 Å². The predicted molar refractivity (Wildman–Crippen MR) is 74.7 cm³/mol. The highest BCUT2D eigenvalue weighted by Crippen LogP contribution is 2.04. The first-order valence-corrected chi connectivity index (χ1v) is 6.27. The van der Waals surface area contributed by atoms with Crippen molar-refractivity contribution in [2.75, 3.05) is 25.6 Å². The van der Waals surface area contributed by atoms with E-state index in [0.717, 1.165) is 11.3 Å². The van der Waals surface area contributed by atoms with Gasteiger partial charge in [0.1, 0.15) is 6.33 Å². The van der Waals surface area contributed by atoms with E-state index in [4.69, 9.17) is 4.74 Å². The van der Waals surface area contributed by atoms with Gasteiger partial charge in [-0.25, -0.2) is 9.78 Å². The van der Waals surface area contributed by atoms with E-state index in [1.165, 1.54) is 10.9 Å². The molecule has 2 aromatic heterocycles. The van der Waals surface area contributed by atoms with Gasteiger partial charge in [0.2, 0.25) is 5.95 Å². The average molecular weight is 275 g/mol. The molecule has 0 fully saturated rings. The van der Waals surface area contributed by atoms with Crippen molar-refractivity contribution in [3.8, 4) is 0 Å². The van der Waals surface area contributed by atoms with Crippen LogP contribution in [0.2, 0.25) is 0 Å². The molecule has 0 spiro atoms. The normalized spacial score (nSPS) is 10.5. The quantitative estimate of drug-likeness (QED) is 0.771. The summed E-state index contributed by atoms with van der Waals surface area (Å²) in [7, 11) is 1.61. The van der Waals surface area contributed by atoms with Crippen molar-refractivity contribution in [2.24, 2.45) is 0 Å². The number of pyridine rings is 1. The van der Waals surface area contributed by atoms with Crippen molar-refractivity contribution in [1.82, 2.24) is 19.5 Å². The van der Waals surface area contributed by atoms with Crippen molar-refractivity contribution < 1.29 is 4.74 Å². The molecule has 0 saturated carbocycles. The van der Waals surface area contributed by atoms with Crippen LogP contribution in [-0.4, -0.2) is 39.8 Å². The fourth-order valence-corrected chi connectivity index (χ4v) is 1.66. The minimum Gasteiger partial charge on any atom is -0.383 e. The molecule has 106 valence electrons. The second kappa shape index (κ2) is 6.76. The Kier molecular flexibility index (Phi) is 4.78. The summed E-state index contributed by atoms with van der Waals surface area (Å²) in [5.41, 5.74) is 1.50. The number of nitrogens with one attached hydrogen (secondary N) is 1. The van der Waals surface area contributed by atoms with Crippen molar-refractivity contribution in [3.63, 3.8) is 0 Å².